The first-order valence-electron chi connectivity index (χ1n) is 15.0. The molecule has 2 aromatic heterocycles. The quantitative estimate of drug-likeness (QED) is 0.214. The third kappa shape index (κ3) is 5.32. The summed E-state index contributed by atoms with van der Waals surface area (Å²) in [4.78, 5) is 43.6. The number of carbonyl (C=O) groups is 2. The minimum Gasteiger partial charge on any atom is -0.350 e. The smallest absolute Gasteiger partial charge is 0.242 e. The lowest BCUT2D eigenvalue weighted by Crippen LogP contribution is -2.37. The maximum atomic E-state index is 12.5. The molecule has 7 rings (SSSR count). The van der Waals surface area contributed by atoms with Crippen molar-refractivity contribution in [2.24, 2.45) is 0 Å². The maximum absolute atomic E-state index is 12.5. The Labute approximate surface area is 250 Å². The highest BCUT2D eigenvalue weighted by atomic mass is 16.2. The van der Waals surface area contributed by atoms with Crippen LogP contribution < -0.4 is 5.32 Å². The van der Waals surface area contributed by atoms with E-state index in [1.54, 1.807) is 4.90 Å². The van der Waals surface area contributed by atoms with Gasteiger partial charge in [0.2, 0.25) is 12.3 Å². The van der Waals surface area contributed by atoms with Gasteiger partial charge in [-0.2, -0.15) is 0 Å². The first-order valence-corrected chi connectivity index (χ1v) is 15.0. The second kappa shape index (κ2) is 11.5. The number of hydrogen-bond acceptors (Lipinski definition) is 5. The largest absolute Gasteiger partial charge is 0.350 e. The zero-order valence-electron chi connectivity index (χ0n) is 24.2. The molecule has 218 valence electrons. The zero-order chi connectivity index (χ0) is 29.3. The molecule has 0 radical (unpaired) electrons. The summed E-state index contributed by atoms with van der Waals surface area (Å²) in [5.74, 6) is 1.74. The molecule has 3 N–H and O–H groups in total. The van der Waals surface area contributed by atoms with Crippen LogP contribution in [-0.4, -0.2) is 68.7 Å². The van der Waals surface area contributed by atoms with Crippen LogP contribution >= 0.6 is 0 Å². The third-order valence-electron chi connectivity index (χ3n) is 8.93. The summed E-state index contributed by atoms with van der Waals surface area (Å²) in [5.41, 5.74) is 6.49. The highest BCUT2D eigenvalue weighted by Gasteiger charge is 2.31. The summed E-state index contributed by atoms with van der Waals surface area (Å²) < 4.78 is 0. The standard InChI is InChI=1S/C34H35N7O2/c1-40-14-2-4-30(40)33-36-18-28(38-33)23-8-6-22(7-9-23)24-10-11-26-17-27(13-12-25(26)16-24)29-19-37-34(39-29)31-5-3-15-41(31)32(43)20-35-21-42/h6-13,16-19,21,30-31H,2-5,14-15,20H2,1H3,(H,35,42)(H,36,38)(H,37,39). The minimum absolute atomic E-state index is 0.00779. The Morgan fingerprint density at radius 2 is 1.40 bits per heavy atom. The molecule has 9 nitrogen and oxygen atoms in total. The fraction of sp³-hybridized carbons (Fsp3) is 0.294. The molecule has 9 heteroatoms. The summed E-state index contributed by atoms with van der Waals surface area (Å²) in [6.45, 7) is 1.80. The van der Waals surface area contributed by atoms with E-state index in [0.29, 0.717) is 19.0 Å². The van der Waals surface area contributed by atoms with Gasteiger partial charge in [0.25, 0.3) is 0 Å². The lowest BCUT2D eigenvalue weighted by Gasteiger charge is -2.23. The number of rotatable bonds is 8. The van der Waals surface area contributed by atoms with Gasteiger partial charge >= 0.3 is 0 Å². The van der Waals surface area contributed by atoms with Gasteiger partial charge in [-0.1, -0.05) is 48.5 Å². The number of nitrogens with one attached hydrogen (secondary N) is 3. The second-order valence-electron chi connectivity index (χ2n) is 11.6. The number of H-pyrrole nitrogens is 2. The van der Waals surface area contributed by atoms with Crippen LogP contribution in [0.4, 0.5) is 0 Å². The number of benzene rings is 3. The molecule has 2 aliphatic heterocycles. The Morgan fingerprint density at radius 1 is 0.814 bits per heavy atom. The highest BCUT2D eigenvalue weighted by Crippen LogP contribution is 2.34. The Morgan fingerprint density at radius 3 is 2.09 bits per heavy atom. The molecule has 43 heavy (non-hydrogen) atoms. The number of aromatic amines is 2. The topological polar surface area (TPSA) is 110 Å². The Kier molecular flexibility index (Phi) is 7.24. The predicted octanol–water partition coefficient (Wildman–Crippen LogP) is 5.46. The molecule has 0 spiro atoms. The summed E-state index contributed by atoms with van der Waals surface area (Å²) >= 11 is 0. The van der Waals surface area contributed by atoms with Gasteiger partial charge in [0.05, 0.1) is 42.4 Å². The number of aromatic nitrogens is 4. The molecule has 2 saturated heterocycles. The van der Waals surface area contributed by atoms with E-state index < -0.39 is 0 Å². The van der Waals surface area contributed by atoms with Crippen molar-refractivity contribution in [3.8, 4) is 33.6 Å². The van der Waals surface area contributed by atoms with Crippen LogP contribution in [0.15, 0.2) is 73.1 Å². The molecular weight excluding hydrogens is 538 g/mol. The number of imidazole rings is 2. The van der Waals surface area contributed by atoms with Gasteiger partial charge in [-0.25, -0.2) is 9.97 Å². The van der Waals surface area contributed by atoms with Crippen molar-refractivity contribution in [2.45, 2.75) is 37.8 Å². The average molecular weight is 574 g/mol. The van der Waals surface area contributed by atoms with E-state index in [9.17, 15) is 9.59 Å². The zero-order valence-corrected chi connectivity index (χ0v) is 24.2. The molecule has 2 unspecified atom stereocenters. The Bertz CT molecular complexity index is 1770. The van der Waals surface area contributed by atoms with E-state index in [2.05, 4.69) is 97.9 Å². The van der Waals surface area contributed by atoms with Crippen molar-refractivity contribution in [1.29, 1.82) is 0 Å². The van der Waals surface area contributed by atoms with E-state index >= 15 is 0 Å². The van der Waals surface area contributed by atoms with Crippen molar-refractivity contribution in [3.63, 3.8) is 0 Å². The van der Waals surface area contributed by atoms with Crippen LogP contribution in [0.1, 0.15) is 49.4 Å². The lowest BCUT2D eigenvalue weighted by molar-refractivity contribution is -0.132. The molecule has 2 fully saturated rings. The van der Waals surface area contributed by atoms with E-state index in [1.807, 2.05) is 12.4 Å². The predicted molar refractivity (Wildman–Crippen MR) is 167 cm³/mol. The highest BCUT2D eigenvalue weighted by molar-refractivity contribution is 5.90. The summed E-state index contributed by atoms with van der Waals surface area (Å²) in [6, 6.07) is 21.9. The van der Waals surface area contributed by atoms with Gasteiger partial charge < -0.3 is 20.2 Å². The molecule has 2 atom stereocenters. The van der Waals surface area contributed by atoms with E-state index in [4.69, 9.17) is 0 Å². The fourth-order valence-electron chi connectivity index (χ4n) is 6.58. The third-order valence-corrected chi connectivity index (χ3v) is 8.93. The molecule has 4 heterocycles. The Hall–Kier alpha value is -4.76. The monoisotopic (exact) mass is 573 g/mol. The van der Waals surface area contributed by atoms with Gasteiger partial charge in [0.1, 0.15) is 11.6 Å². The number of likely N-dealkylation sites (tertiary alicyclic amines) is 2. The van der Waals surface area contributed by atoms with Crippen molar-refractivity contribution >= 4 is 23.1 Å². The molecule has 2 aliphatic rings. The normalized spacial score (nSPS) is 18.9. The van der Waals surface area contributed by atoms with Crippen molar-refractivity contribution in [2.75, 3.05) is 26.7 Å². The number of amides is 2. The first kappa shape index (κ1) is 27.1. The summed E-state index contributed by atoms with van der Waals surface area (Å²) in [7, 11) is 2.17. The maximum Gasteiger partial charge on any atom is 0.242 e. The number of fused-ring (bicyclic) bond motifs is 1. The van der Waals surface area contributed by atoms with Crippen LogP contribution in [0.25, 0.3) is 44.4 Å². The van der Waals surface area contributed by atoms with Gasteiger partial charge in [-0.05, 0) is 78.9 Å². The second-order valence-corrected chi connectivity index (χ2v) is 11.6. The summed E-state index contributed by atoms with van der Waals surface area (Å²) in [6.07, 6.45) is 8.47. The molecule has 0 saturated carbocycles. The SMILES string of the molecule is CN1CCCC1c1ncc(-c2ccc(-c3ccc4cc(-c5cnc(C6CCCN6C(=O)CNC=O)[nH]5)ccc4c3)cc2)[nH]1. The van der Waals surface area contributed by atoms with Crippen molar-refractivity contribution in [3.05, 3.63) is 84.7 Å². The molecule has 0 aliphatic carbocycles. The van der Waals surface area contributed by atoms with Gasteiger partial charge in [0, 0.05) is 12.1 Å². The molecule has 0 bridgehead atoms. The number of hydrogen-bond donors (Lipinski definition) is 3. The van der Waals surface area contributed by atoms with Crippen LogP contribution in [-0.2, 0) is 9.59 Å². The number of nitrogens with zero attached hydrogens (tertiary/aromatic N) is 4. The fourth-order valence-corrected chi connectivity index (χ4v) is 6.58. The van der Waals surface area contributed by atoms with Crippen molar-refractivity contribution in [1.82, 2.24) is 35.1 Å². The number of carbonyl (C=O) groups excluding carboxylic acids is 2. The Balaban J connectivity index is 1.07. The van der Waals surface area contributed by atoms with E-state index in [0.717, 1.165) is 65.4 Å². The minimum atomic E-state index is -0.103. The molecule has 5 aromatic rings. The van der Waals surface area contributed by atoms with Crippen LogP contribution in [0.2, 0.25) is 0 Å². The van der Waals surface area contributed by atoms with Crippen LogP contribution in [0.3, 0.4) is 0 Å². The average Bonchev–Trinajstić information content (AvgIpc) is 3.86. The molecular formula is C34H35N7O2. The first-order chi connectivity index (χ1) is 21.1. The van der Waals surface area contributed by atoms with Gasteiger partial charge in [0.15, 0.2) is 0 Å². The van der Waals surface area contributed by atoms with E-state index in [-0.39, 0.29) is 18.5 Å². The van der Waals surface area contributed by atoms with Gasteiger partial charge in [-0.3, -0.25) is 14.5 Å². The molecule has 3 aromatic carbocycles. The lowest BCUT2D eigenvalue weighted by atomic mass is 9.98. The molecule has 2 amide bonds. The van der Waals surface area contributed by atoms with Crippen molar-refractivity contribution < 1.29 is 9.59 Å². The van der Waals surface area contributed by atoms with Crippen LogP contribution in [0.5, 0.6) is 0 Å². The van der Waals surface area contributed by atoms with Gasteiger partial charge in [-0.15, -0.1) is 0 Å². The summed E-state index contributed by atoms with van der Waals surface area (Å²) in [5, 5.41) is 4.78. The van der Waals surface area contributed by atoms with E-state index in [1.165, 1.54) is 22.9 Å². The van der Waals surface area contributed by atoms with Crippen LogP contribution in [0, 0.1) is 0 Å².